The molecule has 0 radical (unpaired) electrons. The van der Waals surface area contributed by atoms with Gasteiger partial charge in [-0.15, -0.1) is 10.2 Å². The standard InChI is InChI=1S/C35H39F3N6O2/c1-4-30(45)43-14-12-34(20-43)11-13-42(19-34)22(2)25-16-27-28(29(17-25)35(36,37)38)18-44(33(27)46)26-10-6-9-24(15-26)31(23-7-5-8-23)32-40-39-21-41(32)3/h4,6,9-10,15-17,21-23,31H,1,5,7-8,11-14,18-20H2,2-3H3/t22-,31+,34-/m0/s1. The first-order chi connectivity index (χ1) is 22.0. The highest BCUT2D eigenvalue weighted by Crippen LogP contribution is 2.46. The number of amides is 2. The van der Waals surface area contributed by atoms with Crippen molar-refractivity contribution in [3.63, 3.8) is 0 Å². The van der Waals surface area contributed by atoms with Crippen molar-refractivity contribution in [2.24, 2.45) is 18.4 Å². The Morgan fingerprint density at radius 3 is 2.57 bits per heavy atom. The normalized spacial score (nSPS) is 23.2. The number of benzene rings is 2. The molecule has 2 amide bonds. The van der Waals surface area contributed by atoms with E-state index in [2.05, 4.69) is 21.7 Å². The Kier molecular flexibility index (Phi) is 7.57. The summed E-state index contributed by atoms with van der Waals surface area (Å²) in [6, 6.07) is 10.2. The molecule has 1 aromatic heterocycles. The van der Waals surface area contributed by atoms with E-state index in [0.717, 1.165) is 50.0 Å². The molecule has 4 aliphatic rings. The number of anilines is 1. The summed E-state index contributed by atoms with van der Waals surface area (Å²) < 4.78 is 45.7. The average molecular weight is 633 g/mol. The van der Waals surface area contributed by atoms with Gasteiger partial charge >= 0.3 is 6.18 Å². The van der Waals surface area contributed by atoms with Gasteiger partial charge in [0, 0.05) is 55.3 Å². The quantitative estimate of drug-likeness (QED) is 0.295. The Morgan fingerprint density at radius 2 is 1.89 bits per heavy atom. The van der Waals surface area contributed by atoms with Crippen molar-refractivity contribution in [2.75, 3.05) is 31.1 Å². The van der Waals surface area contributed by atoms with Gasteiger partial charge in [0.05, 0.1) is 12.1 Å². The number of aryl methyl sites for hydroxylation is 1. The number of carbonyl (C=O) groups excluding carboxylic acids is 2. The van der Waals surface area contributed by atoms with Crippen molar-refractivity contribution in [3.8, 4) is 0 Å². The average Bonchev–Trinajstić information content (AvgIpc) is 3.81. The highest BCUT2D eigenvalue weighted by molar-refractivity contribution is 6.10. The Bertz CT molecular complexity index is 1700. The molecule has 3 atom stereocenters. The van der Waals surface area contributed by atoms with Gasteiger partial charge < -0.3 is 14.4 Å². The number of rotatable bonds is 7. The monoisotopic (exact) mass is 632 g/mol. The molecule has 8 nitrogen and oxygen atoms in total. The van der Waals surface area contributed by atoms with Gasteiger partial charge in [0.2, 0.25) is 5.91 Å². The van der Waals surface area contributed by atoms with Crippen LogP contribution in [0.5, 0.6) is 0 Å². The van der Waals surface area contributed by atoms with Crippen molar-refractivity contribution in [1.29, 1.82) is 0 Å². The molecule has 1 aliphatic carbocycles. The van der Waals surface area contributed by atoms with Crippen LogP contribution in [-0.4, -0.2) is 62.6 Å². The Labute approximate surface area is 266 Å². The minimum atomic E-state index is -4.61. The summed E-state index contributed by atoms with van der Waals surface area (Å²) in [6.45, 7) is 8.07. The third kappa shape index (κ3) is 5.22. The maximum Gasteiger partial charge on any atom is 0.416 e. The molecule has 2 saturated heterocycles. The zero-order valence-electron chi connectivity index (χ0n) is 26.3. The number of hydrogen-bond acceptors (Lipinski definition) is 5. The first-order valence-corrected chi connectivity index (χ1v) is 16.1. The van der Waals surface area contributed by atoms with Crippen LogP contribution in [0.3, 0.4) is 0 Å². The molecule has 2 aromatic carbocycles. The number of aromatic nitrogens is 3. The van der Waals surface area contributed by atoms with E-state index in [-0.39, 0.29) is 41.0 Å². The van der Waals surface area contributed by atoms with Crippen molar-refractivity contribution < 1.29 is 22.8 Å². The zero-order chi connectivity index (χ0) is 32.4. The van der Waals surface area contributed by atoms with Crippen molar-refractivity contribution in [2.45, 2.75) is 63.7 Å². The maximum absolute atomic E-state index is 14.6. The molecule has 3 fully saturated rings. The first kappa shape index (κ1) is 30.7. The third-order valence-corrected chi connectivity index (χ3v) is 11.0. The summed E-state index contributed by atoms with van der Waals surface area (Å²) in [5.74, 6) is 0.725. The van der Waals surface area contributed by atoms with Crippen molar-refractivity contribution in [1.82, 2.24) is 24.6 Å². The zero-order valence-corrected chi connectivity index (χ0v) is 26.3. The van der Waals surface area contributed by atoms with Crippen LogP contribution in [0.4, 0.5) is 18.9 Å². The summed E-state index contributed by atoms with van der Waals surface area (Å²) in [6.07, 6.45) is 3.40. The Balaban J connectivity index is 1.17. The van der Waals surface area contributed by atoms with E-state index in [4.69, 9.17) is 0 Å². The minimum absolute atomic E-state index is 0.00920. The van der Waals surface area contributed by atoms with Crippen LogP contribution in [-0.2, 0) is 24.6 Å². The van der Waals surface area contributed by atoms with Crippen LogP contribution < -0.4 is 4.90 Å². The van der Waals surface area contributed by atoms with Gasteiger partial charge in [-0.2, -0.15) is 13.2 Å². The second-order valence-electron chi connectivity index (χ2n) is 13.7. The number of alkyl halides is 3. The highest BCUT2D eigenvalue weighted by atomic mass is 19.4. The number of fused-ring (bicyclic) bond motifs is 1. The lowest BCUT2D eigenvalue weighted by atomic mass is 9.72. The lowest BCUT2D eigenvalue weighted by Crippen LogP contribution is -2.34. The number of carbonyl (C=O) groups is 2. The van der Waals surface area contributed by atoms with E-state index in [1.54, 1.807) is 18.5 Å². The molecule has 3 aromatic rings. The topological polar surface area (TPSA) is 74.6 Å². The molecule has 7 rings (SSSR count). The molecule has 0 bridgehead atoms. The fourth-order valence-corrected chi connectivity index (χ4v) is 8.10. The van der Waals surface area contributed by atoms with E-state index in [0.29, 0.717) is 36.8 Å². The van der Waals surface area contributed by atoms with Crippen molar-refractivity contribution in [3.05, 3.63) is 89.0 Å². The fourth-order valence-electron chi connectivity index (χ4n) is 8.10. The summed E-state index contributed by atoms with van der Waals surface area (Å²) in [4.78, 5) is 31.6. The molecule has 4 heterocycles. The Hall–Kier alpha value is -3.99. The minimum Gasteiger partial charge on any atom is -0.339 e. The number of hydrogen-bond donors (Lipinski definition) is 0. The lowest BCUT2D eigenvalue weighted by Gasteiger charge is -2.33. The molecular weight excluding hydrogens is 593 g/mol. The largest absolute Gasteiger partial charge is 0.416 e. The van der Waals surface area contributed by atoms with Crippen molar-refractivity contribution >= 4 is 17.5 Å². The van der Waals surface area contributed by atoms with Gasteiger partial charge in [0.25, 0.3) is 5.91 Å². The van der Waals surface area contributed by atoms with Gasteiger partial charge in [-0.1, -0.05) is 25.1 Å². The van der Waals surface area contributed by atoms with E-state index in [1.807, 2.05) is 41.6 Å². The molecule has 0 N–H and O–H groups in total. The van der Waals surface area contributed by atoms with Gasteiger partial charge in [-0.3, -0.25) is 14.5 Å². The predicted octanol–water partition coefficient (Wildman–Crippen LogP) is 6.10. The molecule has 3 aliphatic heterocycles. The molecule has 1 saturated carbocycles. The third-order valence-electron chi connectivity index (χ3n) is 11.0. The summed E-state index contributed by atoms with van der Waals surface area (Å²) >= 11 is 0. The van der Waals surface area contributed by atoms with Crippen LogP contribution in [0, 0.1) is 11.3 Å². The SMILES string of the molecule is C=CC(=O)N1CC[C@]2(CCN([C@@H](C)c3cc4c(c(C(F)(F)F)c3)CN(c3cccc([C@H](c5nncn5C)C5CCC5)c3)C4=O)C2)C1. The van der Waals surface area contributed by atoms with Crippen LogP contribution in [0.1, 0.15) is 89.4 Å². The molecule has 46 heavy (non-hydrogen) atoms. The summed E-state index contributed by atoms with van der Waals surface area (Å²) in [7, 11) is 1.91. The Morgan fingerprint density at radius 1 is 1.11 bits per heavy atom. The van der Waals surface area contributed by atoms with Gasteiger partial charge in [-0.05, 0) is 92.1 Å². The van der Waals surface area contributed by atoms with Gasteiger partial charge in [-0.25, -0.2) is 0 Å². The molecule has 1 spiro atoms. The summed E-state index contributed by atoms with van der Waals surface area (Å²) in [5, 5.41) is 8.47. The number of halogens is 3. The van der Waals surface area contributed by atoms with Crippen LogP contribution in [0.25, 0.3) is 0 Å². The molecule has 242 valence electrons. The summed E-state index contributed by atoms with van der Waals surface area (Å²) in [5.41, 5.74) is 1.36. The number of likely N-dealkylation sites (tertiary alicyclic amines) is 2. The smallest absolute Gasteiger partial charge is 0.339 e. The van der Waals surface area contributed by atoms with E-state index in [9.17, 15) is 22.8 Å². The first-order valence-electron chi connectivity index (χ1n) is 16.1. The number of nitrogens with zero attached hydrogens (tertiary/aromatic N) is 6. The maximum atomic E-state index is 14.6. The van der Waals surface area contributed by atoms with E-state index < -0.39 is 17.6 Å². The van der Waals surface area contributed by atoms with Crippen LogP contribution >= 0.6 is 0 Å². The van der Waals surface area contributed by atoms with Crippen LogP contribution in [0.15, 0.2) is 55.4 Å². The van der Waals surface area contributed by atoms with Gasteiger partial charge in [0.1, 0.15) is 12.2 Å². The fraction of sp³-hybridized carbons (Fsp3) is 0.486. The molecular formula is C35H39F3N6O2. The van der Waals surface area contributed by atoms with E-state index in [1.165, 1.54) is 17.0 Å². The van der Waals surface area contributed by atoms with Crippen LogP contribution in [0.2, 0.25) is 0 Å². The second kappa shape index (κ2) is 11.4. The molecule has 0 unspecified atom stereocenters. The van der Waals surface area contributed by atoms with Gasteiger partial charge in [0.15, 0.2) is 0 Å². The second-order valence-corrected chi connectivity index (χ2v) is 13.7. The lowest BCUT2D eigenvalue weighted by molar-refractivity contribution is -0.138. The van der Waals surface area contributed by atoms with E-state index >= 15 is 0 Å². The highest BCUT2D eigenvalue weighted by Gasteiger charge is 2.46. The predicted molar refractivity (Wildman–Crippen MR) is 167 cm³/mol. The molecule has 11 heteroatoms.